The van der Waals surface area contributed by atoms with Crippen LogP contribution in [0.25, 0.3) is 0 Å². The van der Waals surface area contributed by atoms with Gasteiger partial charge in [-0.2, -0.15) is 0 Å². The van der Waals surface area contributed by atoms with Crippen LogP contribution in [0.4, 0.5) is 17.6 Å². The maximum atomic E-state index is 11.9. The van der Waals surface area contributed by atoms with Crippen molar-refractivity contribution in [1.29, 1.82) is 0 Å². The Balaban J connectivity index is 3.38. The van der Waals surface area contributed by atoms with Crippen molar-refractivity contribution in [2.45, 2.75) is 32.1 Å². The van der Waals surface area contributed by atoms with Crippen LogP contribution in [0.2, 0.25) is 0 Å². The summed E-state index contributed by atoms with van der Waals surface area (Å²) in [6.45, 7) is 0.924. The monoisotopic (exact) mass is 144 g/mol. The average Bonchev–Trinajstić information content (AvgIpc) is 1.63. The van der Waals surface area contributed by atoms with Crippen molar-refractivity contribution in [3.63, 3.8) is 0 Å². The molecule has 0 aromatic rings. The first-order valence-corrected chi connectivity index (χ1v) is 2.60. The van der Waals surface area contributed by atoms with E-state index >= 15 is 0 Å². The van der Waals surface area contributed by atoms with Crippen molar-refractivity contribution in [2.24, 2.45) is 0 Å². The Morgan fingerprint density at radius 2 is 1.56 bits per heavy atom. The zero-order chi connectivity index (χ0) is 7.44. The van der Waals surface area contributed by atoms with Gasteiger partial charge in [0, 0.05) is 6.42 Å². The summed E-state index contributed by atoms with van der Waals surface area (Å²) in [6, 6.07) is 0. The summed E-state index contributed by atoms with van der Waals surface area (Å²) < 4.78 is 46.1. The molecule has 2 unspecified atom stereocenters. The maximum Gasteiger partial charge on any atom is 0.241 e. The third-order valence-corrected chi connectivity index (χ3v) is 0.902. The lowest BCUT2D eigenvalue weighted by molar-refractivity contribution is 0.0696. The van der Waals surface area contributed by atoms with E-state index in [1.165, 1.54) is 0 Å². The van der Waals surface area contributed by atoms with Gasteiger partial charge in [0.15, 0.2) is 0 Å². The van der Waals surface area contributed by atoms with Gasteiger partial charge in [0.1, 0.15) is 12.3 Å². The van der Waals surface area contributed by atoms with Crippen LogP contribution in [0.15, 0.2) is 0 Å². The second kappa shape index (κ2) is 3.69. The predicted octanol–water partition coefficient (Wildman–Crippen LogP) is 2.34. The molecule has 0 spiro atoms. The Morgan fingerprint density at radius 1 is 1.11 bits per heavy atom. The fourth-order valence-electron chi connectivity index (χ4n) is 0.358. The summed E-state index contributed by atoms with van der Waals surface area (Å²) in [6.07, 6.45) is -7.57. The first kappa shape index (κ1) is 8.72. The molecule has 4 heteroatoms. The van der Waals surface area contributed by atoms with Crippen molar-refractivity contribution in [3.05, 3.63) is 0 Å². The fourth-order valence-corrected chi connectivity index (χ4v) is 0.358. The molecule has 0 aliphatic rings. The maximum absolute atomic E-state index is 11.9. The highest BCUT2D eigenvalue weighted by atomic mass is 19.3. The minimum absolute atomic E-state index is 0.924. The van der Waals surface area contributed by atoms with Crippen molar-refractivity contribution >= 4 is 0 Å². The molecule has 0 saturated heterocycles. The molecule has 0 amide bonds. The van der Waals surface area contributed by atoms with Gasteiger partial charge in [0.2, 0.25) is 6.43 Å². The molecular formula is C5H8F4. The molecular weight excluding hydrogens is 136 g/mol. The highest BCUT2D eigenvalue weighted by Gasteiger charge is 2.19. The quantitative estimate of drug-likeness (QED) is 0.533. The zero-order valence-corrected chi connectivity index (χ0v) is 4.95. The van der Waals surface area contributed by atoms with Crippen molar-refractivity contribution in [2.75, 3.05) is 0 Å². The Bertz CT molecular complexity index is 71.4. The molecule has 56 valence electrons. The molecule has 0 aromatic carbocycles. The zero-order valence-electron chi connectivity index (χ0n) is 4.95. The Morgan fingerprint density at radius 3 is 1.67 bits per heavy atom. The van der Waals surface area contributed by atoms with Crippen LogP contribution in [-0.2, 0) is 0 Å². The lowest BCUT2D eigenvalue weighted by Gasteiger charge is -2.06. The smallest absolute Gasteiger partial charge is 0.241 e. The van der Waals surface area contributed by atoms with Gasteiger partial charge < -0.3 is 0 Å². The third-order valence-electron chi connectivity index (χ3n) is 0.902. The standard InChI is InChI=1S/C5H8F4/c1-3(6)4(7)2-5(8)9/h3-5H,2H2,1H3. The summed E-state index contributed by atoms with van der Waals surface area (Å²) in [7, 11) is 0. The van der Waals surface area contributed by atoms with Gasteiger partial charge in [-0.05, 0) is 6.92 Å². The van der Waals surface area contributed by atoms with Crippen LogP contribution in [-0.4, -0.2) is 18.8 Å². The van der Waals surface area contributed by atoms with Crippen molar-refractivity contribution < 1.29 is 17.6 Å². The van der Waals surface area contributed by atoms with Crippen LogP contribution in [0.3, 0.4) is 0 Å². The van der Waals surface area contributed by atoms with E-state index in [9.17, 15) is 17.6 Å². The molecule has 0 heterocycles. The van der Waals surface area contributed by atoms with Crippen molar-refractivity contribution in [3.8, 4) is 0 Å². The largest absolute Gasteiger partial charge is 0.245 e. The molecule has 0 rings (SSSR count). The lowest BCUT2D eigenvalue weighted by Crippen LogP contribution is -2.16. The van der Waals surface area contributed by atoms with Gasteiger partial charge in [-0.3, -0.25) is 0 Å². The molecule has 9 heavy (non-hydrogen) atoms. The molecule has 0 aromatic heterocycles. The summed E-state index contributed by atoms with van der Waals surface area (Å²) in [4.78, 5) is 0. The van der Waals surface area contributed by atoms with Crippen molar-refractivity contribution in [1.82, 2.24) is 0 Å². The van der Waals surface area contributed by atoms with Gasteiger partial charge in [0.25, 0.3) is 0 Å². The normalized spacial score (nSPS) is 18.0. The molecule has 0 fully saturated rings. The second-order valence-electron chi connectivity index (χ2n) is 1.82. The average molecular weight is 144 g/mol. The van der Waals surface area contributed by atoms with E-state index in [0.29, 0.717) is 0 Å². The van der Waals surface area contributed by atoms with Crippen LogP contribution in [0.5, 0.6) is 0 Å². The summed E-state index contributed by atoms with van der Waals surface area (Å²) >= 11 is 0. The van der Waals surface area contributed by atoms with Crippen LogP contribution in [0.1, 0.15) is 13.3 Å². The van der Waals surface area contributed by atoms with E-state index in [2.05, 4.69) is 0 Å². The molecule has 0 aliphatic heterocycles. The molecule has 0 bridgehead atoms. The number of hydrogen-bond donors (Lipinski definition) is 0. The minimum Gasteiger partial charge on any atom is -0.245 e. The van der Waals surface area contributed by atoms with E-state index in [1.54, 1.807) is 0 Å². The van der Waals surface area contributed by atoms with Gasteiger partial charge in [0.05, 0.1) is 0 Å². The molecule has 0 aliphatic carbocycles. The minimum atomic E-state index is -2.75. The van der Waals surface area contributed by atoms with Crippen LogP contribution in [0, 0.1) is 0 Å². The van der Waals surface area contributed by atoms with Gasteiger partial charge >= 0.3 is 0 Å². The molecule has 2 atom stereocenters. The van der Waals surface area contributed by atoms with Gasteiger partial charge in [-0.25, -0.2) is 17.6 Å². The number of halogens is 4. The lowest BCUT2D eigenvalue weighted by atomic mass is 10.2. The Labute approximate surface area is 50.9 Å². The topological polar surface area (TPSA) is 0 Å². The molecule has 0 saturated carbocycles. The second-order valence-corrected chi connectivity index (χ2v) is 1.82. The molecule has 0 nitrogen and oxygen atoms in total. The van der Waals surface area contributed by atoms with Crippen LogP contribution < -0.4 is 0 Å². The highest BCUT2D eigenvalue weighted by molar-refractivity contribution is 4.63. The van der Waals surface area contributed by atoms with Gasteiger partial charge in [-0.1, -0.05) is 0 Å². The van der Waals surface area contributed by atoms with E-state index in [0.717, 1.165) is 6.92 Å². The van der Waals surface area contributed by atoms with Crippen LogP contribution >= 0.6 is 0 Å². The highest BCUT2D eigenvalue weighted by Crippen LogP contribution is 2.12. The first-order valence-electron chi connectivity index (χ1n) is 2.60. The summed E-state index contributed by atoms with van der Waals surface area (Å²) in [5.74, 6) is 0. The number of hydrogen-bond acceptors (Lipinski definition) is 0. The first-order chi connectivity index (χ1) is 4.04. The summed E-state index contributed by atoms with van der Waals surface area (Å²) in [5.41, 5.74) is 0. The fraction of sp³-hybridized carbons (Fsp3) is 1.00. The molecule has 0 N–H and O–H groups in total. The Kier molecular flexibility index (Phi) is 3.58. The Hall–Kier alpha value is -0.280. The van der Waals surface area contributed by atoms with E-state index in [1.807, 2.05) is 0 Å². The van der Waals surface area contributed by atoms with E-state index in [4.69, 9.17) is 0 Å². The SMILES string of the molecule is CC(F)C(F)CC(F)F. The predicted molar refractivity (Wildman–Crippen MR) is 26.1 cm³/mol. The summed E-state index contributed by atoms with van der Waals surface area (Å²) in [5, 5.41) is 0. The molecule has 0 radical (unpaired) electrons. The number of rotatable bonds is 3. The van der Waals surface area contributed by atoms with Gasteiger partial charge in [-0.15, -0.1) is 0 Å². The number of alkyl halides is 4. The third kappa shape index (κ3) is 4.24. The van der Waals surface area contributed by atoms with E-state index in [-0.39, 0.29) is 0 Å². The van der Waals surface area contributed by atoms with E-state index < -0.39 is 25.2 Å².